The van der Waals surface area contributed by atoms with E-state index in [-0.39, 0.29) is 13.2 Å². The van der Waals surface area contributed by atoms with E-state index in [1.165, 1.54) is 5.01 Å². The van der Waals surface area contributed by atoms with Gasteiger partial charge in [0, 0.05) is 15.6 Å². The Morgan fingerprint density at radius 3 is 2.16 bits per heavy atom. The largest absolute Gasteiger partial charge is 0.481 e. The normalized spacial score (nSPS) is 23.1. The van der Waals surface area contributed by atoms with Crippen LogP contribution in [0.25, 0.3) is 0 Å². The lowest BCUT2D eigenvalue weighted by Gasteiger charge is -2.33. The van der Waals surface area contributed by atoms with Gasteiger partial charge in [-0.15, -0.1) is 0 Å². The van der Waals surface area contributed by atoms with Crippen molar-refractivity contribution in [2.45, 2.75) is 24.7 Å². The Hall–Kier alpha value is -3.59. The molecule has 0 aromatic heterocycles. The number of amides is 2. The average Bonchev–Trinajstić information content (AvgIpc) is 3.39. The summed E-state index contributed by atoms with van der Waals surface area (Å²) < 4.78 is 5.38. The number of alkyl carbamates (subject to hydrolysis) is 1. The number of carbonyl (C=O) groups excluding carboxylic acids is 2. The highest BCUT2D eigenvalue weighted by Gasteiger charge is 2.59. The zero-order valence-corrected chi connectivity index (χ0v) is 21.0. The van der Waals surface area contributed by atoms with E-state index in [0.717, 1.165) is 5.56 Å². The van der Waals surface area contributed by atoms with Crippen molar-refractivity contribution < 1.29 is 24.2 Å². The molecule has 0 spiro atoms. The van der Waals surface area contributed by atoms with Crippen LogP contribution in [0.2, 0.25) is 10.0 Å². The van der Waals surface area contributed by atoms with Crippen molar-refractivity contribution >= 4 is 41.2 Å². The van der Waals surface area contributed by atoms with E-state index >= 15 is 0 Å². The minimum absolute atomic E-state index is 0.0377. The number of halogens is 2. The summed E-state index contributed by atoms with van der Waals surface area (Å²) in [4.78, 5) is 38.8. The fourth-order valence-corrected chi connectivity index (χ4v) is 5.68. The number of benzene rings is 3. The van der Waals surface area contributed by atoms with Gasteiger partial charge in [-0.05, 0) is 23.3 Å². The smallest absolute Gasteiger partial charge is 0.408 e. The Labute approximate surface area is 223 Å². The van der Waals surface area contributed by atoms with Crippen LogP contribution in [0.4, 0.5) is 4.79 Å². The second kappa shape index (κ2) is 10.4. The molecule has 8 nitrogen and oxygen atoms in total. The van der Waals surface area contributed by atoms with E-state index in [9.17, 15) is 19.5 Å². The predicted molar refractivity (Wildman–Crippen MR) is 137 cm³/mol. The average molecular weight is 540 g/mol. The second-order valence-electron chi connectivity index (χ2n) is 8.86. The molecule has 0 bridgehead atoms. The van der Waals surface area contributed by atoms with Gasteiger partial charge in [-0.2, -0.15) is 5.01 Å². The number of rotatable bonds is 6. The number of ether oxygens (including phenoxy) is 1. The van der Waals surface area contributed by atoms with Crippen LogP contribution in [-0.4, -0.2) is 45.7 Å². The molecule has 5 rings (SSSR count). The van der Waals surface area contributed by atoms with Gasteiger partial charge in [-0.1, -0.05) is 89.9 Å². The van der Waals surface area contributed by atoms with Gasteiger partial charge in [0.1, 0.15) is 12.6 Å². The summed E-state index contributed by atoms with van der Waals surface area (Å²) >= 11 is 13.0. The number of carboxylic acids is 1. The molecular formula is C27H23Cl2N3O5. The first kappa shape index (κ1) is 25.1. The number of fused-ring (bicyclic) bond motifs is 1. The van der Waals surface area contributed by atoms with Gasteiger partial charge >= 0.3 is 12.1 Å². The van der Waals surface area contributed by atoms with Crippen LogP contribution in [0.3, 0.4) is 0 Å². The molecule has 2 heterocycles. The molecule has 3 aromatic rings. The number of nitrogens with zero attached hydrogens (tertiary/aromatic N) is 2. The lowest BCUT2D eigenvalue weighted by atomic mass is 9.90. The number of aliphatic carboxylic acids is 1. The monoisotopic (exact) mass is 539 g/mol. The van der Waals surface area contributed by atoms with E-state index in [1.54, 1.807) is 23.2 Å². The fourth-order valence-electron chi connectivity index (χ4n) is 5.06. The van der Waals surface area contributed by atoms with Crippen LogP contribution in [-0.2, 0) is 20.9 Å². The third-order valence-electron chi connectivity index (χ3n) is 6.68. The highest BCUT2D eigenvalue weighted by molar-refractivity contribution is 6.36. The van der Waals surface area contributed by atoms with Gasteiger partial charge in [0.25, 0.3) is 5.91 Å². The summed E-state index contributed by atoms with van der Waals surface area (Å²) in [6.45, 7) is -0.0586. The van der Waals surface area contributed by atoms with Crippen LogP contribution in [0.1, 0.15) is 28.8 Å². The van der Waals surface area contributed by atoms with Crippen molar-refractivity contribution in [2.24, 2.45) is 5.92 Å². The van der Waals surface area contributed by atoms with Crippen LogP contribution in [0, 0.1) is 5.92 Å². The summed E-state index contributed by atoms with van der Waals surface area (Å²) in [6.07, 6.45) is -0.757. The first-order valence-electron chi connectivity index (χ1n) is 11.7. The Kier molecular flexibility index (Phi) is 7.06. The van der Waals surface area contributed by atoms with Crippen molar-refractivity contribution in [2.75, 3.05) is 6.54 Å². The van der Waals surface area contributed by atoms with Crippen molar-refractivity contribution in [3.05, 3.63) is 106 Å². The van der Waals surface area contributed by atoms with Gasteiger partial charge in [-0.3, -0.25) is 14.6 Å². The molecule has 10 heteroatoms. The zero-order valence-electron chi connectivity index (χ0n) is 19.5. The zero-order chi connectivity index (χ0) is 26.1. The van der Waals surface area contributed by atoms with Gasteiger partial charge < -0.3 is 15.2 Å². The SMILES string of the molecule is O=C(N[C@H]1C(=O)N2C[C@H](C(=O)O)[C@@H](c3c(Cl)cccc3Cl)N2[C@@H]1c1ccccc1)OCc1ccccc1. The molecular weight excluding hydrogens is 517 g/mol. The third kappa shape index (κ3) is 4.75. The quantitative estimate of drug-likeness (QED) is 0.464. The fraction of sp³-hybridized carbons (Fsp3) is 0.222. The summed E-state index contributed by atoms with van der Waals surface area (Å²) in [5.74, 6) is -2.51. The number of carbonyl (C=O) groups is 3. The van der Waals surface area contributed by atoms with Gasteiger partial charge in [0.15, 0.2) is 0 Å². The Balaban J connectivity index is 1.51. The lowest BCUT2D eigenvalue weighted by molar-refractivity contribution is -0.142. The van der Waals surface area contributed by atoms with Crippen molar-refractivity contribution in [1.82, 2.24) is 15.3 Å². The minimum Gasteiger partial charge on any atom is -0.481 e. The first-order valence-corrected chi connectivity index (χ1v) is 12.4. The van der Waals surface area contributed by atoms with Crippen LogP contribution < -0.4 is 5.32 Å². The number of hydrogen-bond donors (Lipinski definition) is 2. The summed E-state index contributed by atoms with van der Waals surface area (Å²) in [7, 11) is 0. The maximum atomic E-state index is 13.7. The summed E-state index contributed by atoms with van der Waals surface area (Å²) in [5.41, 5.74) is 1.93. The van der Waals surface area contributed by atoms with Crippen molar-refractivity contribution in [3.63, 3.8) is 0 Å². The summed E-state index contributed by atoms with van der Waals surface area (Å²) in [5, 5.41) is 16.4. The maximum absolute atomic E-state index is 13.7. The topological polar surface area (TPSA) is 99.2 Å². The lowest BCUT2D eigenvalue weighted by Crippen LogP contribution is -2.45. The van der Waals surface area contributed by atoms with E-state index in [4.69, 9.17) is 27.9 Å². The number of carboxylic acid groups (broad SMARTS) is 1. The number of nitrogens with one attached hydrogen (secondary N) is 1. The van der Waals surface area contributed by atoms with Crippen LogP contribution in [0.5, 0.6) is 0 Å². The minimum atomic E-state index is -1.08. The molecule has 37 heavy (non-hydrogen) atoms. The summed E-state index contributed by atoms with van der Waals surface area (Å²) in [6, 6.07) is 20.6. The molecule has 4 atom stereocenters. The van der Waals surface area contributed by atoms with E-state index in [2.05, 4.69) is 5.32 Å². The van der Waals surface area contributed by atoms with Gasteiger partial charge in [-0.25, -0.2) is 4.79 Å². The van der Waals surface area contributed by atoms with Gasteiger partial charge in [0.2, 0.25) is 0 Å². The molecule has 2 fully saturated rings. The standard InChI is InChI=1S/C27H23Cl2N3O5/c28-19-12-7-13-20(29)21(19)24-18(26(34)35)14-31-25(33)22(23(32(24)31)17-10-5-2-6-11-17)30-27(36)37-15-16-8-3-1-4-9-16/h1-13,18,22-24H,14-15H2,(H,30,36)(H,34,35)/t18-,22+,23+,24-/m0/s1. The molecule has 0 unspecified atom stereocenters. The predicted octanol–water partition coefficient (Wildman–Crippen LogP) is 4.84. The highest BCUT2D eigenvalue weighted by atomic mass is 35.5. The maximum Gasteiger partial charge on any atom is 0.408 e. The number of hydrogen-bond acceptors (Lipinski definition) is 5. The van der Waals surface area contributed by atoms with Crippen LogP contribution >= 0.6 is 23.2 Å². The Morgan fingerprint density at radius 2 is 1.54 bits per heavy atom. The number of hydrazine groups is 1. The molecule has 0 aliphatic carbocycles. The Morgan fingerprint density at radius 1 is 0.919 bits per heavy atom. The molecule has 3 aromatic carbocycles. The molecule has 2 N–H and O–H groups in total. The third-order valence-corrected chi connectivity index (χ3v) is 7.33. The first-order chi connectivity index (χ1) is 17.9. The molecule has 2 aliphatic heterocycles. The van der Waals surface area contributed by atoms with Gasteiger partial charge in [0.05, 0.1) is 24.5 Å². The molecule has 0 radical (unpaired) electrons. The van der Waals surface area contributed by atoms with E-state index < -0.39 is 42.0 Å². The Bertz CT molecular complexity index is 1300. The van der Waals surface area contributed by atoms with Crippen molar-refractivity contribution in [3.8, 4) is 0 Å². The highest BCUT2D eigenvalue weighted by Crippen LogP contribution is 2.51. The van der Waals surface area contributed by atoms with E-state index in [0.29, 0.717) is 21.2 Å². The molecule has 190 valence electrons. The second-order valence-corrected chi connectivity index (χ2v) is 9.68. The molecule has 0 saturated carbocycles. The molecule has 2 aliphatic rings. The van der Waals surface area contributed by atoms with Crippen molar-refractivity contribution in [1.29, 1.82) is 0 Å². The molecule has 2 amide bonds. The van der Waals surface area contributed by atoms with E-state index in [1.807, 2.05) is 60.7 Å². The van der Waals surface area contributed by atoms with Crippen LogP contribution in [0.15, 0.2) is 78.9 Å². The molecule has 2 saturated heterocycles.